The summed E-state index contributed by atoms with van der Waals surface area (Å²) in [6.07, 6.45) is 1.18. The molecule has 0 amide bonds. The Morgan fingerprint density at radius 2 is 1.93 bits per heavy atom. The van der Waals surface area contributed by atoms with Gasteiger partial charge in [-0.15, -0.1) is 0 Å². The molecule has 0 aliphatic carbocycles. The second kappa shape index (κ2) is 5.00. The molecule has 0 aliphatic rings. The predicted molar refractivity (Wildman–Crippen MR) is 57.0 cm³/mol. The van der Waals surface area contributed by atoms with Crippen molar-refractivity contribution in [1.82, 2.24) is 0 Å². The number of carbonyl (C=O) groups excluding carboxylic acids is 1. The van der Waals surface area contributed by atoms with Gasteiger partial charge < -0.3 is 14.3 Å². The minimum atomic E-state index is 0.339. The van der Waals surface area contributed by atoms with E-state index in [-0.39, 0.29) is 0 Å². The van der Waals surface area contributed by atoms with Gasteiger partial charge in [-0.1, -0.05) is 0 Å². The van der Waals surface area contributed by atoms with Gasteiger partial charge in [0.05, 0.1) is 18.7 Å². The third-order valence-electron chi connectivity index (χ3n) is 1.86. The molecule has 0 aromatic heterocycles. The van der Waals surface area contributed by atoms with Crippen molar-refractivity contribution in [2.75, 3.05) is 14.2 Å². The summed E-state index contributed by atoms with van der Waals surface area (Å²) in [6, 6.07) is 3.58. The van der Waals surface area contributed by atoms with Crippen LogP contribution < -0.4 is 9.47 Å². The Bertz CT molecular complexity index is 336. The number of rotatable bonds is 4. The molecule has 0 atom stereocenters. The summed E-state index contributed by atoms with van der Waals surface area (Å²) in [6.45, 7) is 0. The second-order valence-corrected chi connectivity index (χ2v) is 3.52. The lowest BCUT2D eigenvalue weighted by molar-refractivity contribution is -0.107. The van der Waals surface area contributed by atoms with E-state index in [0.717, 1.165) is 16.3 Å². The van der Waals surface area contributed by atoms with Gasteiger partial charge in [-0.2, -0.15) is 0 Å². The summed E-state index contributed by atoms with van der Waals surface area (Å²) in [5.41, 5.74) is 0.843. The van der Waals surface area contributed by atoms with Crippen molar-refractivity contribution < 1.29 is 14.3 Å². The Morgan fingerprint density at radius 1 is 1.29 bits per heavy atom. The lowest BCUT2D eigenvalue weighted by atomic mass is 10.1. The average molecular weight is 259 g/mol. The Kier molecular flexibility index (Phi) is 3.95. The molecule has 0 radical (unpaired) electrons. The lowest BCUT2D eigenvalue weighted by Gasteiger charge is -2.10. The maximum absolute atomic E-state index is 10.4. The molecule has 3 nitrogen and oxygen atoms in total. The molecule has 0 unspecified atom stereocenters. The van der Waals surface area contributed by atoms with Crippen LogP contribution in [-0.4, -0.2) is 20.5 Å². The highest BCUT2D eigenvalue weighted by atomic mass is 79.9. The van der Waals surface area contributed by atoms with Crippen molar-refractivity contribution in [3.8, 4) is 11.5 Å². The number of benzene rings is 1. The fourth-order valence-electron chi connectivity index (χ4n) is 1.17. The predicted octanol–water partition coefficient (Wildman–Crippen LogP) is 2.21. The van der Waals surface area contributed by atoms with Gasteiger partial charge in [0, 0.05) is 18.1 Å². The van der Waals surface area contributed by atoms with Gasteiger partial charge in [-0.25, -0.2) is 0 Å². The van der Waals surface area contributed by atoms with Crippen molar-refractivity contribution in [2.45, 2.75) is 6.42 Å². The van der Waals surface area contributed by atoms with Crippen molar-refractivity contribution in [3.05, 3.63) is 22.2 Å². The topological polar surface area (TPSA) is 35.5 Å². The summed E-state index contributed by atoms with van der Waals surface area (Å²) in [7, 11) is 3.15. The van der Waals surface area contributed by atoms with Crippen LogP contribution in [0, 0.1) is 0 Å². The molecular weight excluding hydrogens is 248 g/mol. The van der Waals surface area contributed by atoms with E-state index in [1.807, 2.05) is 6.07 Å². The maximum atomic E-state index is 10.4. The van der Waals surface area contributed by atoms with E-state index in [1.54, 1.807) is 20.3 Å². The fraction of sp³-hybridized carbons (Fsp3) is 0.300. The summed E-state index contributed by atoms with van der Waals surface area (Å²) < 4.78 is 11.1. The van der Waals surface area contributed by atoms with Gasteiger partial charge in [-0.05, 0) is 22.0 Å². The van der Waals surface area contributed by atoms with E-state index in [1.165, 1.54) is 0 Å². The van der Waals surface area contributed by atoms with Crippen LogP contribution in [0.3, 0.4) is 0 Å². The zero-order valence-corrected chi connectivity index (χ0v) is 9.63. The number of hydrogen-bond donors (Lipinski definition) is 0. The van der Waals surface area contributed by atoms with Gasteiger partial charge in [0.25, 0.3) is 0 Å². The molecule has 0 fully saturated rings. The van der Waals surface area contributed by atoms with Crippen LogP contribution in [0.15, 0.2) is 16.6 Å². The van der Waals surface area contributed by atoms with Gasteiger partial charge >= 0.3 is 0 Å². The van der Waals surface area contributed by atoms with Crippen molar-refractivity contribution >= 4 is 22.2 Å². The summed E-state index contributed by atoms with van der Waals surface area (Å²) >= 11 is 3.34. The molecule has 1 aromatic carbocycles. The quantitative estimate of drug-likeness (QED) is 0.777. The highest BCUT2D eigenvalue weighted by molar-refractivity contribution is 9.10. The van der Waals surface area contributed by atoms with Gasteiger partial charge in [0.1, 0.15) is 17.8 Å². The molecule has 0 heterocycles. The van der Waals surface area contributed by atoms with E-state index >= 15 is 0 Å². The molecule has 76 valence electrons. The third kappa shape index (κ3) is 2.26. The first-order valence-corrected chi connectivity index (χ1v) is 4.86. The first-order chi connectivity index (χ1) is 6.72. The highest BCUT2D eigenvalue weighted by Gasteiger charge is 2.08. The number of ether oxygens (including phenoxy) is 2. The van der Waals surface area contributed by atoms with Gasteiger partial charge in [0.2, 0.25) is 0 Å². The van der Waals surface area contributed by atoms with Crippen LogP contribution in [0.5, 0.6) is 11.5 Å². The van der Waals surface area contributed by atoms with Crippen LogP contribution >= 0.6 is 15.9 Å². The fourth-order valence-corrected chi connectivity index (χ4v) is 1.72. The normalized spacial score (nSPS) is 9.64. The van der Waals surface area contributed by atoms with Gasteiger partial charge in [0.15, 0.2) is 0 Å². The van der Waals surface area contributed by atoms with Crippen molar-refractivity contribution in [1.29, 1.82) is 0 Å². The Hall–Kier alpha value is -1.03. The summed E-state index contributed by atoms with van der Waals surface area (Å²) in [5.74, 6) is 1.36. The first kappa shape index (κ1) is 11.0. The standard InChI is InChI=1S/C10H11BrO3/c1-13-9-6-10(14-2)8(11)5-7(9)3-4-12/h4-6H,3H2,1-2H3. The average Bonchev–Trinajstić information content (AvgIpc) is 2.19. The third-order valence-corrected chi connectivity index (χ3v) is 2.48. The SMILES string of the molecule is COc1cc(OC)c(CC=O)cc1Br. The van der Waals surface area contributed by atoms with E-state index in [4.69, 9.17) is 9.47 Å². The number of halogens is 1. The molecule has 0 saturated carbocycles. The monoisotopic (exact) mass is 258 g/mol. The molecule has 0 saturated heterocycles. The first-order valence-electron chi connectivity index (χ1n) is 4.07. The van der Waals surface area contributed by atoms with E-state index in [2.05, 4.69) is 15.9 Å². The van der Waals surface area contributed by atoms with E-state index < -0.39 is 0 Å². The number of methoxy groups -OCH3 is 2. The zero-order valence-electron chi connectivity index (χ0n) is 8.04. The molecular formula is C10H11BrO3. The minimum Gasteiger partial charge on any atom is -0.496 e. The molecule has 0 spiro atoms. The molecule has 0 N–H and O–H groups in total. The molecule has 1 rings (SSSR count). The van der Waals surface area contributed by atoms with Crippen molar-refractivity contribution in [2.24, 2.45) is 0 Å². The maximum Gasteiger partial charge on any atom is 0.136 e. The van der Waals surface area contributed by atoms with E-state index in [9.17, 15) is 4.79 Å². The Morgan fingerprint density at radius 3 is 2.43 bits per heavy atom. The molecule has 14 heavy (non-hydrogen) atoms. The largest absolute Gasteiger partial charge is 0.496 e. The van der Waals surface area contributed by atoms with Crippen molar-refractivity contribution in [3.63, 3.8) is 0 Å². The summed E-state index contributed by atoms with van der Waals surface area (Å²) in [5, 5.41) is 0. The van der Waals surface area contributed by atoms with Crippen LogP contribution in [0.2, 0.25) is 0 Å². The smallest absolute Gasteiger partial charge is 0.136 e. The molecule has 0 aliphatic heterocycles. The molecule has 1 aromatic rings. The Balaban J connectivity index is 3.16. The highest BCUT2D eigenvalue weighted by Crippen LogP contribution is 2.32. The molecule has 4 heteroatoms. The minimum absolute atomic E-state index is 0.339. The van der Waals surface area contributed by atoms with Crippen LogP contribution in [0.4, 0.5) is 0 Å². The van der Waals surface area contributed by atoms with Crippen LogP contribution in [0.25, 0.3) is 0 Å². The lowest BCUT2D eigenvalue weighted by Crippen LogP contribution is -1.95. The van der Waals surface area contributed by atoms with E-state index in [0.29, 0.717) is 17.9 Å². The zero-order chi connectivity index (χ0) is 10.6. The number of carbonyl (C=O) groups is 1. The van der Waals surface area contributed by atoms with Crippen LogP contribution in [-0.2, 0) is 11.2 Å². The molecule has 0 bridgehead atoms. The number of hydrogen-bond acceptors (Lipinski definition) is 3. The van der Waals surface area contributed by atoms with Crippen LogP contribution in [0.1, 0.15) is 5.56 Å². The summed E-state index contributed by atoms with van der Waals surface area (Å²) in [4.78, 5) is 10.4. The Labute approximate surface area is 91.1 Å². The number of aldehydes is 1. The van der Waals surface area contributed by atoms with Gasteiger partial charge in [-0.3, -0.25) is 0 Å². The second-order valence-electron chi connectivity index (χ2n) is 2.67.